The molecule has 0 bridgehead atoms. The average Bonchev–Trinajstić information content (AvgIpc) is 2.88. The van der Waals surface area contributed by atoms with Crippen molar-refractivity contribution >= 4 is 23.9 Å². The zero-order chi connectivity index (χ0) is 26.7. The molecule has 0 aliphatic carbocycles. The van der Waals surface area contributed by atoms with Gasteiger partial charge >= 0.3 is 23.9 Å². The molecule has 0 fully saturated rings. The monoisotopic (exact) mass is 514 g/mol. The molecule has 8 nitrogen and oxygen atoms in total. The normalized spacial score (nSPS) is 10.6. The van der Waals surface area contributed by atoms with Gasteiger partial charge in [-0.25, -0.2) is 19.4 Å². The molecule has 0 aliphatic rings. The van der Waals surface area contributed by atoms with Gasteiger partial charge in [0.25, 0.3) is 0 Å². The van der Waals surface area contributed by atoms with Crippen molar-refractivity contribution in [1.29, 1.82) is 0 Å². The van der Waals surface area contributed by atoms with E-state index in [4.69, 9.17) is 0 Å². The molecule has 8 heteroatoms. The lowest BCUT2D eigenvalue weighted by atomic mass is 10.1. The number of rotatable bonds is 24. The number of hydrogen-bond donors (Lipinski definition) is 0. The standard InChI is InChI=1S/C28H50O8/c1-33-25(29)21-17-13-9-5-3-7-11-15-19-23-27(31)35-36-28(32)24-20-16-12-8-4-6-10-14-18-22-26(30)34-2/h3-24H2,1-2H3. The van der Waals surface area contributed by atoms with E-state index in [2.05, 4.69) is 19.2 Å². The second kappa shape index (κ2) is 26.0. The fraction of sp³-hybridized carbons (Fsp3) is 0.857. The van der Waals surface area contributed by atoms with Crippen molar-refractivity contribution in [3.63, 3.8) is 0 Å². The molecule has 210 valence electrons. The molecule has 0 unspecified atom stereocenters. The summed E-state index contributed by atoms with van der Waals surface area (Å²) in [5.41, 5.74) is 0. The van der Waals surface area contributed by atoms with Crippen molar-refractivity contribution in [3.05, 3.63) is 0 Å². The molecule has 0 saturated heterocycles. The van der Waals surface area contributed by atoms with E-state index in [1.54, 1.807) is 0 Å². The molecule has 0 saturated carbocycles. The zero-order valence-electron chi connectivity index (χ0n) is 22.8. The lowest BCUT2D eigenvalue weighted by Crippen LogP contribution is -2.11. The minimum atomic E-state index is -0.486. The van der Waals surface area contributed by atoms with Crippen LogP contribution in [0.2, 0.25) is 0 Å². The summed E-state index contributed by atoms with van der Waals surface area (Å²) in [6.45, 7) is 0. The number of hydrogen-bond acceptors (Lipinski definition) is 8. The summed E-state index contributed by atoms with van der Waals surface area (Å²) in [4.78, 5) is 54.7. The van der Waals surface area contributed by atoms with Crippen LogP contribution in [0.5, 0.6) is 0 Å². The van der Waals surface area contributed by atoms with Crippen molar-refractivity contribution in [2.45, 2.75) is 141 Å². The molecular weight excluding hydrogens is 464 g/mol. The van der Waals surface area contributed by atoms with E-state index < -0.39 is 11.9 Å². The molecule has 0 aliphatic heterocycles. The Labute approximate surface area is 218 Å². The molecule has 0 atom stereocenters. The van der Waals surface area contributed by atoms with Gasteiger partial charge in [-0.2, -0.15) is 0 Å². The first-order valence-corrected chi connectivity index (χ1v) is 14.0. The number of carbonyl (C=O) groups excluding carboxylic acids is 4. The van der Waals surface area contributed by atoms with Gasteiger partial charge in [0.15, 0.2) is 0 Å². The molecule has 0 radical (unpaired) electrons. The fourth-order valence-electron chi connectivity index (χ4n) is 3.93. The van der Waals surface area contributed by atoms with E-state index in [1.807, 2.05) is 0 Å². The first-order valence-electron chi connectivity index (χ1n) is 14.0. The molecule has 36 heavy (non-hydrogen) atoms. The quantitative estimate of drug-likeness (QED) is 0.0591. The lowest BCUT2D eigenvalue weighted by Gasteiger charge is -2.05. The highest BCUT2D eigenvalue weighted by Gasteiger charge is 2.09. The molecule has 0 aromatic carbocycles. The average molecular weight is 515 g/mol. The third kappa shape index (κ3) is 25.0. The van der Waals surface area contributed by atoms with E-state index in [0.29, 0.717) is 12.8 Å². The predicted molar refractivity (Wildman–Crippen MR) is 138 cm³/mol. The summed E-state index contributed by atoms with van der Waals surface area (Å²) in [5.74, 6) is -1.24. The van der Waals surface area contributed by atoms with Gasteiger partial charge in [-0.15, -0.1) is 0 Å². The molecule has 0 amide bonds. The van der Waals surface area contributed by atoms with Crippen LogP contribution in [0.4, 0.5) is 0 Å². The zero-order valence-corrected chi connectivity index (χ0v) is 22.8. The maximum Gasteiger partial charge on any atom is 0.355 e. The topological polar surface area (TPSA) is 105 Å². The van der Waals surface area contributed by atoms with Crippen LogP contribution < -0.4 is 0 Å². The highest BCUT2D eigenvalue weighted by Crippen LogP contribution is 2.13. The third-order valence-corrected chi connectivity index (χ3v) is 6.21. The number of carbonyl (C=O) groups is 4. The molecule has 0 rings (SSSR count). The lowest BCUT2D eigenvalue weighted by molar-refractivity contribution is -0.259. The molecule has 0 aromatic rings. The van der Waals surface area contributed by atoms with E-state index >= 15 is 0 Å². The van der Waals surface area contributed by atoms with Crippen LogP contribution in [0.3, 0.4) is 0 Å². The minimum Gasteiger partial charge on any atom is -0.469 e. The first-order chi connectivity index (χ1) is 17.5. The van der Waals surface area contributed by atoms with Gasteiger partial charge in [-0.05, 0) is 25.7 Å². The van der Waals surface area contributed by atoms with Crippen LogP contribution in [0.15, 0.2) is 0 Å². The van der Waals surface area contributed by atoms with Crippen molar-refractivity contribution in [2.75, 3.05) is 14.2 Å². The number of esters is 2. The summed E-state index contributed by atoms with van der Waals surface area (Å²) >= 11 is 0. The Bertz CT molecular complexity index is 526. The van der Waals surface area contributed by atoms with E-state index in [9.17, 15) is 19.2 Å². The maximum absolute atomic E-state index is 11.7. The van der Waals surface area contributed by atoms with Crippen molar-refractivity contribution in [2.24, 2.45) is 0 Å². The van der Waals surface area contributed by atoms with Crippen molar-refractivity contribution in [3.8, 4) is 0 Å². The van der Waals surface area contributed by atoms with Crippen molar-refractivity contribution < 1.29 is 38.4 Å². The molecule has 0 heterocycles. The molecule has 0 N–H and O–H groups in total. The Kier molecular flexibility index (Phi) is 24.4. The van der Waals surface area contributed by atoms with Crippen LogP contribution >= 0.6 is 0 Å². The summed E-state index contributed by atoms with van der Waals surface area (Å²) in [6.07, 6.45) is 20.2. The van der Waals surface area contributed by atoms with E-state index in [1.165, 1.54) is 39.9 Å². The van der Waals surface area contributed by atoms with E-state index in [-0.39, 0.29) is 24.8 Å². The second-order valence-electron chi connectivity index (χ2n) is 9.43. The molecular formula is C28H50O8. The number of ether oxygens (including phenoxy) is 2. The fourth-order valence-corrected chi connectivity index (χ4v) is 3.93. The van der Waals surface area contributed by atoms with Gasteiger partial charge in [-0.1, -0.05) is 89.9 Å². The largest absolute Gasteiger partial charge is 0.469 e. The van der Waals surface area contributed by atoms with Gasteiger partial charge < -0.3 is 9.47 Å². The smallest absolute Gasteiger partial charge is 0.355 e. The summed E-state index contributed by atoms with van der Waals surface area (Å²) in [7, 11) is 2.84. The van der Waals surface area contributed by atoms with Crippen LogP contribution in [0, 0.1) is 0 Å². The molecule has 0 spiro atoms. The van der Waals surface area contributed by atoms with Crippen LogP contribution in [-0.2, 0) is 38.4 Å². The highest BCUT2D eigenvalue weighted by atomic mass is 17.2. The van der Waals surface area contributed by atoms with Crippen LogP contribution in [0.1, 0.15) is 141 Å². The summed E-state index contributed by atoms with van der Waals surface area (Å²) in [6, 6.07) is 0. The number of methoxy groups -OCH3 is 2. The second-order valence-corrected chi connectivity index (χ2v) is 9.43. The summed E-state index contributed by atoms with van der Waals surface area (Å²) < 4.78 is 9.24. The van der Waals surface area contributed by atoms with Crippen LogP contribution in [0.25, 0.3) is 0 Å². The van der Waals surface area contributed by atoms with Gasteiger partial charge in [0.2, 0.25) is 0 Å². The van der Waals surface area contributed by atoms with Gasteiger partial charge in [0, 0.05) is 12.8 Å². The predicted octanol–water partition coefficient (Wildman–Crippen LogP) is 6.92. The maximum atomic E-state index is 11.7. The van der Waals surface area contributed by atoms with Gasteiger partial charge in [-0.3, -0.25) is 9.59 Å². The Balaban J connectivity index is 3.34. The van der Waals surface area contributed by atoms with Gasteiger partial charge in [0.05, 0.1) is 27.1 Å². The summed E-state index contributed by atoms with van der Waals surface area (Å²) in [5, 5.41) is 0. The SMILES string of the molecule is COC(=O)CCCCCCCCCCCC(=O)OOC(=O)CCCCCCCCCCCC(=O)OC. The number of unbranched alkanes of at least 4 members (excludes halogenated alkanes) is 16. The first kappa shape index (κ1) is 33.9. The van der Waals surface area contributed by atoms with Crippen molar-refractivity contribution in [1.82, 2.24) is 0 Å². The molecule has 0 aromatic heterocycles. The minimum absolute atomic E-state index is 0.136. The van der Waals surface area contributed by atoms with Gasteiger partial charge in [0.1, 0.15) is 0 Å². The Morgan fingerprint density at radius 2 is 0.528 bits per heavy atom. The Morgan fingerprint density at radius 1 is 0.333 bits per heavy atom. The Hall–Kier alpha value is -2.12. The third-order valence-electron chi connectivity index (χ3n) is 6.21. The van der Waals surface area contributed by atoms with E-state index in [0.717, 1.165) is 89.9 Å². The highest BCUT2D eigenvalue weighted by molar-refractivity contribution is 5.72. The Morgan fingerprint density at radius 3 is 0.750 bits per heavy atom. The van der Waals surface area contributed by atoms with Crippen LogP contribution in [-0.4, -0.2) is 38.1 Å².